The second-order valence-electron chi connectivity index (χ2n) is 6.00. The molecule has 21 heavy (non-hydrogen) atoms. The first-order valence-electron chi connectivity index (χ1n) is 6.94. The van der Waals surface area contributed by atoms with Crippen molar-refractivity contribution in [1.82, 2.24) is 10.3 Å². The normalized spacial score (nSPS) is 11.6. The lowest BCUT2D eigenvalue weighted by Gasteiger charge is -2.20. The van der Waals surface area contributed by atoms with E-state index in [1.165, 1.54) is 0 Å². The number of rotatable bonds is 4. The van der Waals surface area contributed by atoms with Crippen molar-refractivity contribution in [2.24, 2.45) is 0 Å². The number of aromatic nitrogens is 1. The van der Waals surface area contributed by atoms with Crippen LogP contribution in [0.5, 0.6) is 0 Å². The van der Waals surface area contributed by atoms with Gasteiger partial charge in [0.2, 0.25) is 5.91 Å². The minimum Gasteiger partial charge on any atom is -0.324 e. The second kappa shape index (κ2) is 6.41. The number of halogens is 1. The van der Waals surface area contributed by atoms with Gasteiger partial charge in [-0.3, -0.25) is 9.78 Å². The number of amides is 1. The number of carbonyl (C=O) groups is 1. The summed E-state index contributed by atoms with van der Waals surface area (Å²) >= 11 is 6.08. The zero-order valence-corrected chi connectivity index (χ0v) is 13.3. The molecule has 1 heterocycles. The van der Waals surface area contributed by atoms with E-state index in [2.05, 4.69) is 36.4 Å². The average molecular weight is 306 g/mol. The molecule has 1 aromatic carbocycles. The quantitative estimate of drug-likeness (QED) is 0.907. The molecule has 112 valence electrons. The van der Waals surface area contributed by atoms with E-state index in [0.717, 1.165) is 10.9 Å². The Morgan fingerprint density at radius 2 is 2.10 bits per heavy atom. The van der Waals surface area contributed by atoms with Gasteiger partial charge >= 0.3 is 0 Å². The smallest absolute Gasteiger partial charge is 0.225 e. The molecule has 2 rings (SSSR count). The SMILES string of the molecule is CC(C)(C)NCCC(=O)Nc1cc(Cl)cc2cccnc12. The highest BCUT2D eigenvalue weighted by molar-refractivity contribution is 6.32. The molecule has 0 spiro atoms. The van der Waals surface area contributed by atoms with Crippen molar-refractivity contribution in [3.05, 3.63) is 35.5 Å². The first kappa shape index (κ1) is 15.7. The van der Waals surface area contributed by atoms with Crippen molar-refractivity contribution < 1.29 is 4.79 Å². The van der Waals surface area contributed by atoms with Crippen molar-refractivity contribution in [2.45, 2.75) is 32.7 Å². The average Bonchev–Trinajstić information content (AvgIpc) is 2.36. The molecule has 0 atom stereocenters. The Morgan fingerprint density at radius 3 is 2.81 bits per heavy atom. The molecule has 0 fully saturated rings. The van der Waals surface area contributed by atoms with Crippen LogP contribution >= 0.6 is 11.6 Å². The summed E-state index contributed by atoms with van der Waals surface area (Å²) in [5.41, 5.74) is 1.41. The minimum absolute atomic E-state index is 0.00455. The molecule has 0 radical (unpaired) electrons. The number of fused-ring (bicyclic) bond motifs is 1. The van der Waals surface area contributed by atoms with Crippen LogP contribution in [-0.4, -0.2) is 23.0 Å². The van der Waals surface area contributed by atoms with Crippen molar-refractivity contribution in [3.8, 4) is 0 Å². The number of hydrogen-bond acceptors (Lipinski definition) is 3. The fraction of sp³-hybridized carbons (Fsp3) is 0.375. The Hall–Kier alpha value is -1.65. The van der Waals surface area contributed by atoms with Crippen LogP contribution in [-0.2, 0) is 4.79 Å². The number of anilines is 1. The zero-order valence-electron chi connectivity index (χ0n) is 12.5. The number of benzene rings is 1. The maximum atomic E-state index is 12.0. The molecule has 0 aliphatic rings. The molecule has 5 heteroatoms. The van der Waals surface area contributed by atoms with Crippen LogP contribution in [0.3, 0.4) is 0 Å². The number of nitrogens with zero attached hydrogens (tertiary/aromatic N) is 1. The predicted octanol–water partition coefficient (Wildman–Crippen LogP) is 3.60. The highest BCUT2D eigenvalue weighted by atomic mass is 35.5. The van der Waals surface area contributed by atoms with Gasteiger partial charge in [-0.25, -0.2) is 0 Å². The highest BCUT2D eigenvalue weighted by Crippen LogP contribution is 2.26. The molecule has 0 aliphatic heterocycles. The number of hydrogen-bond donors (Lipinski definition) is 2. The van der Waals surface area contributed by atoms with Crippen LogP contribution in [0.4, 0.5) is 5.69 Å². The Labute approximate surface area is 129 Å². The van der Waals surface area contributed by atoms with Crippen molar-refractivity contribution in [1.29, 1.82) is 0 Å². The maximum absolute atomic E-state index is 12.0. The largest absolute Gasteiger partial charge is 0.324 e. The number of nitrogens with one attached hydrogen (secondary N) is 2. The highest BCUT2D eigenvalue weighted by Gasteiger charge is 2.11. The number of carbonyl (C=O) groups excluding carboxylic acids is 1. The summed E-state index contributed by atoms with van der Waals surface area (Å²) < 4.78 is 0. The lowest BCUT2D eigenvalue weighted by Crippen LogP contribution is -2.37. The third-order valence-electron chi connectivity index (χ3n) is 2.95. The van der Waals surface area contributed by atoms with Gasteiger partial charge in [-0.15, -0.1) is 0 Å². The summed E-state index contributed by atoms with van der Waals surface area (Å²) in [5.74, 6) is -0.0547. The summed E-state index contributed by atoms with van der Waals surface area (Å²) in [7, 11) is 0. The summed E-state index contributed by atoms with van der Waals surface area (Å²) in [6.07, 6.45) is 2.10. The van der Waals surface area contributed by atoms with Gasteiger partial charge in [0.05, 0.1) is 11.2 Å². The second-order valence-corrected chi connectivity index (χ2v) is 6.44. The molecule has 4 nitrogen and oxygen atoms in total. The van der Waals surface area contributed by atoms with Crippen LogP contribution in [0.15, 0.2) is 30.5 Å². The van der Waals surface area contributed by atoms with Crippen molar-refractivity contribution >= 4 is 34.1 Å². The molecule has 0 bridgehead atoms. The predicted molar refractivity (Wildman–Crippen MR) is 87.8 cm³/mol. The van der Waals surface area contributed by atoms with E-state index in [9.17, 15) is 4.79 Å². The Morgan fingerprint density at radius 1 is 1.33 bits per heavy atom. The van der Waals surface area contributed by atoms with E-state index < -0.39 is 0 Å². The fourth-order valence-electron chi connectivity index (χ4n) is 2.01. The summed E-state index contributed by atoms with van der Waals surface area (Å²) in [5, 5.41) is 7.66. The Kier molecular flexibility index (Phi) is 4.80. The molecule has 0 unspecified atom stereocenters. The summed E-state index contributed by atoms with van der Waals surface area (Å²) in [6, 6.07) is 7.33. The fourth-order valence-corrected chi connectivity index (χ4v) is 2.24. The van der Waals surface area contributed by atoms with Crippen LogP contribution in [0.2, 0.25) is 5.02 Å². The molecule has 1 aromatic heterocycles. The van der Waals surface area contributed by atoms with E-state index in [-0.39, 0.29) is 11.4 Å². The molecule has 2 aromatic rings. The van der Waals surface area contributed by atoms with Crippen LogP contribution in [0.1, 0.15) is 27.2 Å². The van der Waals surface area contributed by atoms with Crippen molar-refractivity contribution in [2.75, 3.05) is 11.9 Å². The Balaban J connectivity index is 2.07. The Bertz CT molecular complexity index is 650. The van der Waals surface area contributed by atoms with Gasteiger partial charge in [-0.05, 0) is 39.0 Å². The monoisotopic (exact) mass is 305 g/mol. The molecular weight excluding hydrogens is 286 g/mol. The molecule has 0 saturated carbocycles. The molecular formula is C16H20ClN3O. The van der Waals surface area contributed by atoms with Gasteiger partial charge in [0.1, 0.15) is 0 Å². The van der Waals surface area contributed by atoms with E-state index in [4.69, 9.17) is 11.6 Å². The molecule has 1 amide bonds. The van der Waals surface area contributed by atoms with Gasteiger partial charge in [0.25, 0.3) is 0 Å². The lowest BCUT2D eigenvalue weighted by molar-refractivity contribution is -0.116. The maximum Gasteiger partial charge on any atom is 0.225 e. The van der Waals surface area contributed by atoms with E-state index in [1.807, 2.05) is 18.2 Å². The first-order valence-corrected chi connectivity index (χ1v) is 7.32. The van der Waals surface area contributed by atoms with E-state index >= 15 is 0 Å². The third-order valence-corrected chi connectivity index (χ3v) is 3.17. The van der Waals surface area contributed by atoms with E-state index in [1.54, 1.807) is 12.3 Å². The van der Waals surface area contributed by atoms with Crippen molar-refractivity contribution in [3.63, 3.8) is 0 Å². The molecule has 0 saturated heterocycles. The summed E-state index contributed by atoms with van der Waals surface area (Å²) in [4.78, 5) is 16.3. The van der Waals surface area contributed by atoms with Gasteiger partial charge in [0.15, 0.2) is 0 Å². The topological polar surface area (TPSA) is 54.0 Å². The first-order chi connectivity index (χ1) is 9.85. The lowest BCUT2D eigenvalue weighted by atomic mass is 10.1. The third kappa shape index (κ3) is 4.69. The molecule has 0 aliphatic carbocycles. The molecule has 2 N–H and O–H groups in total. The van der Waals surface area contributed by atoms with Crippen LogP contribution in [0, 0.1) is 0 Å². The van der Waals surface area contributed by atoms with Gasteiger partial charge < -0.3 is 10.6 Å². The van der Waals surface area contributed by atoms with Gasteiger partial charge in [0, 0.05) is 35.1 Å². The van der Waals surface area contributed by atoms with Crippen LogP contribution in [0.25, 0.3) is 10.9 Å². The standard InChI is InChI=1S/C16H20ClN3O/c1-16(2,3)19-8-6-14(21)20-13-10-12(17)9-11-5-4-7-18-15(11)13/h4-5,7,9-10,19H,6,8H2,1-3H3,(H,20,21). The van der Waals surface area contributed by atoms with E-state index in [0.29, 0.717) is 23.7 Å². The van der Waals surface area contributed by atoms with Crippen LogP contribution < -0.4 is 10.6 Å². The van der Waals surface area contributed by atoms with Gasteiger partial charge in [-0.1, -0.05) is 17.7 Å². The summed E-state index contributed by atoms with van der Waals surface area (Å²) in [6.45, 7) is 6.83. The number of pyridine rings is 1. The zero-order chi connectivity index (χ0) is 15.5. The minimum atomic E-state index is -0.0547. The van der Waals surface area contributed by atoms with Gasteiger partial charge in [-0.2, -0.15) is 0 Å².